The Bertz CT molecular complexity index is 522. The van der Waals surface area contributed by atoms with Crippen molar-refractivity contribution in [2.24, 2.45) is 0 Å². The molecule has 1 atom stereocenters. The van der Waals surface area contributed by atoms with Crippen LogP contribution in [-0.2, 0) is 6.42 Å². The predicted molar refractivity (Wildman–Crippen MR) is 76.8 cm³/mol. The molecule has 1 aromatic rings. The van der Waals surface area contributed by atoms with E-state index in [4.69, 9.17) is 5.11 Å². The summed E-state index contributed by atoms with van der Waals surface area (Å²) in [6, 6.07) is 3.21. The third kappa shape index (κ3) is 3.28. The third-order valence-electron chi connectivity index (χ3n) is 3.88. The van der Waals surface area contributed by atoms with Gasteiger partial charge in [-0.25, -0.2) is 0 Å². The number of hydrogen-bond donors (Lipinski definition) is 2. The lowest BCUT2D eigenvalue weighted by molar-refractivity contribution is 0.0574. The lowest BCUT2D eigenvalue weighted by atomic mass is 9.98. The summed E-state index contributed by atoms with van der Waals surface area (Å²) in [5, 5.41) is 9.12. The third-order valence-corrected chi connectivity index (χ3v) is 3.88. The summed E-state index contributed by atoms with van der Waals surface area (Å²) in [6.07, 6.45) is 4.30. The van der Waals surface area contributed by atoms with E-state index in [2.05, 4.69) is 4.98 Å². The Balaban J connectivity index is 2.24. The van der Waals surface area contributed by atoms with Crippen LogP contribution < -0.4 is 5.56 Å². The molecule has 5 nitrogen and oxygen atoms in total. The van der Waals surface area contributed by atoms with E-state index < -0.39 is 0 Å². The first-order valence-corrected chi connectivity index (χ1v) is 7.30. The molecule has 2 heterocycles. The molecule has 1 aromatic heterocycles. The first-order chi connectivity index (χ1) is 9.65. The Morgan fingerprint density at radius 2 is 2.25 bits per heavy atom. The molecule has 1 aliphatic heterocycles. The summed E-state index contributed by atoms with van der Waals surface area (Å²) in [6.45, 7) is 2.73. The van der Waals surface area contributed by atoms with Crippen molar-refractivity contribution < 1.29 is 9.90 Å². The maximum Gasteiger partial charge on any atom is 0.254 e. The second kappa shape index (κ2) is 6.70. The van der Waals surface area contributed by atoms with Crippen LogP contribution in [0.2, 0.25) is 0 Å². The largest absolute Gasteiger partial charge is 0.396 e. The molecular weight excluding hydrogens is 256 g/mol. The molecule has 0 spiro atoms. The van der Waals surface area contributed by atoms with Crippen molar-refractivity contribution in [2.45, 2.75) is 45.1 Å². The van der Waals surface area contributed by atoms with Gasteiger partial charge in [0.25, 0.3) is 5.91 Å². The Labute approximate surface area is 118 Å². The van der Waals surface area contributed by atoms with Crippen LogP contribution >= 0.6 is 0 Å². The van der Waals surface area contributed by atoms with Gasteiger partial charge in [0, 0.05) is 36.5 Å². The Hall–Kier alpha value is -1.62. The number of rotatable bonds is 4. The van der Waals surface area contributed by atoms with E-state index in [0.29, 0.717) is 24.9 Å². The number of H-pyrrole nitrogens is 1. The fourth-order valence-electron chi connectivity index (χ4n) is 2.80. The molecule has 0 aliphatic carbocycles. The van der Waals surface area contributed by atoms with Gasteiger partial charge in [0.1, 0.15) is 0 Å². The zero-order valence-electron chi connectivity index (χ0n) is 11.9. The Kier molecular flexibility index (Phi) is 4.95. The molecule has 1 aliphatic rings. The number of piperidine rings is 1. The maximum atomic E-state index is 12.6. The van der Waals surface area contributed by atoms with E-state index in [1.165, 1.54) is 6.07 Å². The number of hydrogen-bond acceptors (Lipinski definition) is 3. The van der Waals surface area contributed by atoms with Crippen LogP contribution in [0.5, 0.6) is 0 Å². The number of likely N-dealkylation sites (tertiary alicyclic amines) is 1. The smallest absolute Gasteiger partial charge is 0.254 e. The van der Waals surface area contributed by atoms with E-state index in [0.717, 1.165) is 25.0 Å². The number of aryl methyl sites for hydroxylation is 1. The van der Waals surface area contributed by atoms with Crippen molar-refractivity contribution in [3.05, 3.63) is 33.7 Å². The molecule has 0 radical (unpaired) electrons. The molecular formula is C15H22N2O3. The van der Waals surface area contributed by atoms with E-state index >= 15 is 0 Å². The fourth-order valence-corrected chi connectivity index (χ4v) is 2.80. The maximum absolute atomic E-state index is 12.6. The van der Waals surface area contributed by atoms with Gasteiger partial charge in [-0.15, -0.1) is 0 Å². The van der Waals surface area contributed by atoms with Gasteiger partial charge in [0.15, 0.2) is 0 Å². The minimum Gasteiger partial charge on any atom is -0.396 e. The first-order valence-electron chi connectivity index (χ1n) is 7.30. The Morgan fingerprint density at radius 1 is 1.45 bits per heavy atom. The van der Waals surface area contributed by atoms with E-state index in [1.54, 1.807) is 6.07 Å². The van der Waals surface area contributed by atoms with Crippen LogP contribution in [0.3, 0.4) is 0 Å². The summed E-state index contributed by atoms with van der Waals surface area (Å²) in [7, 11) is 0. The number of aromatic amines is 1. The van der Waals surface area contributed by atoms with Gasteiger partial charge < -0.3 is 15.0 Å². The van der Waals surface area contributed by atoms with Gasteiger partial charge in [-0.05, 0) is 38.2 Å². The lowest BCUT2D eigenvalue weighted by Gasteiger charge is -2.35. The fraction of sp³-hybridized carbons (Fsp3) is 0.600. The summed E-state index contributed by atoms with van der Waals surface area (Å²) in [5.74, 6) is -0.0936. The van der Waals surface area contributed by atoms with Crippen molar-refractivity contribution in [3.8, 4) is 0 Å². The number of carbonyl (C=O) groups excluding carboxylic acids is 1. The van der Waals surface area contributed by atoms with Crippen LogP contribution in [0.1, 0.15) is 48.7 Å². The van der Waals surface area contributed by atoms with Crippen LogP contribution in [0.25, 0.3) is 0 Å². The number of pyridine rings is 1. The Morgan fingerprint density at radius 3 is 2.95 bits per heavy atom. The topological polar surface area (TPSA) is 73.4 Å². The number of nitrogens with one attached hydrogen (secondary N) is 1. The molecule has 1 saturated heterocycles. The van der Waals surface area contributed by atoms with Gasteiger partial charge in [-0.3, -0.25) is 9.59 Å². The van der Waals surface area contributed by atoms with Crippen molar-refractivity contribution in [1.29, 1.82) is 0 Å². The molecule has 0 unspecified atom stereocenters. The summed E-state index contributed by atoms with van der Waals surface area (Å²) in [4.78, 5) is 28.7. The number of aliphatic hydroxyl groups excluding tert-OH is 1. The number of aromatic nitrogens is 1. The average Bonchev–Trinajstić information content (AvgIpc) is 2.46. The summed E-state index contributed by atoms with van der Waals surface area (Å²) >= 11 is 0. The monoisotopic (exact) mass is 278 g/mol. The van der Waals surface area contributed by atoms with E-state index in [1.807, 2.05) is 11.8 Å². The summed E-state index contributed by atoms with van der Waals surface area (Å²) in [5.41, 5.74) is 0.996. The van der Waals surface area contributed by atoms with E-state index in [-0.39, 0.29) is 24.1 Å². The van der Waals surface area contributed by atoms with Crippen LogP contribution in [0.4, 0.5) is 0 Å². The molecule has 20 heavy (non-hydrogen) atoms. The minimum atomic E-state index is -0.233. The SMILES string of the molecule is CCc1cc(C(=O)N2CCCC[C@@H]2CCO)cc(=O)[nH]1. The van der Waals surface area contributed by atoms with Gasteiger partial charge in [0.2, 0.25) is 5.56 Å². The molecule has 5 heteroatoms. The highest BCUT2D eigenvalue weighted by molar-refractivity contribution is 5.94. The van der Waals surface area contributed by atoms with Crippen molar-refractivity contribution in [2.75, 3.05) is 13.2 Å². The summed E-state index contributed by atoms with van der Waals surface area (Å²) < 4.78 is 0. The lowest BCUT2D eigenvalue weighted by Crippen LogP contribution is -2.44. The number of amides is 1. The quantitative estimate of drug-likeness (QED) is 0.872. The van der Waals surface area contributed by atoms with Gasteiger partial charge in [0.05, 0.1) is 0 Å². The highest BCUT2D eigenvalue weighted by atomic mass is 16.3. The molecule has 0 bridgehead atoms. The van der Waals surface area contributed by atoms with Crippen molar-refractivity contribution in [1.82, 2.24) is 9.88 Å². The zero-order chi connectivity index (χ0) is 14.5. The molecule has 1 amide bonds. The van der Waals surface area contributed by atoms with Crippen LogP contribution in [0.15, 0.2) is 16.9 Å². The van der Waals surface area contributed by atoms with Gasteiger partial charge in [-0.2, -0.15) is 0 Å². The van der Waals surface area contributed by atoms with Gasteiger partial charge in [-0.1, -0.05) is 6.92 Å². The van der Waals surface area contributed by atoms with Crippen LogP contribution in [0, 0.1) is 0 Å². The second-order valence-electron chi connectivity index (χ2n) is 5.27. The highest BCUT2D eigenvalue weighted by Gasteiger charge is 2.27. The number of aliphatic hydroxyl groups is 1. The first kappa shape index (κ1) is 14.8. The molecule has 2 rings (SSSR count). The molecule has 110 valence electrons. The predicted octanol–water partition coefficient (Wildman–Crippen LogP) is 1.31. The van der Waals surface area contributed by atoms with E-state index in [9.17, 15) is 9.59 Å². The van der Waals surface area contributed by atoms with Crippen molar-refractivity contribution >= 4 is 5.91 Å². The standard InChI is InChI=1S/C15H22N2O3/c1-2-12-9-11(10-14(19)16-12)15(20)17-7-4-3-5-13(17)6-8-18/h9-10,13,18H,2-8H2,1H3,(H,16,19)/t13-/m1/s1. The second-order valence-corrected chi connectivity index (χ2v) is 5.27. The number of carbonyl (C=O) groups is 1. The molecule has 0 saturated carbocycles. The van der Waals surface area contributed by atoms with Gasteiger partial charge >= 0.3 is 0 Å². The minimum absolute atomic E-state index is 0.0873. The van der Waals surface area contributed by atoms with Crippen molar-refractivity contribution in [3.63, 3.8) is 0 Å². The zero-order valence-corrected chi connectivity index (χ0v) is 11.9. The molecule has 2 N–H and O–H groups in total. The molecule has 1 fully saturated rings. The number of nitrogens with zero attached hydrogens (tertiary/aromatic N) is 1. The molecule has 0 aromatic carbocycles. The highest BCUT2D eigenvalue weighted by Crippen LogP contribution is 2.21. The van der Waals surface area contributed by atoms with Crippen LogP contribution in [-0.4, -0.2) is 40.1 Å². The normalized spacial score (nSPS) is 19.1. The average molecular weight is 278 g/mol.